The van der Waals surface area contributed by atoms with Crippen LogP contribution in [0.2, 0.25) is 5.02 Å². The van der Waals surface area contributed by atoms with E-state index in [1.807, 2.05) is 18.2 Å². The maximum Gasteiger partial charge on any atom is 0.184 e. The van der Waals surface area contributed by atoms with Crippen LogP contribution < -0.4 is 0 Å². The van der Waals surface area contributed by atoms with Crippen LogP contribution in [-0.2, 0) is 25.9 Å². The number of aromatic nitrogens is 6. The van der Waals surface area contributed by atoms with Crippen LogP contribution >= 0.6 is 11.6 Å². The summed E-state index contributed by atoms with van der Waals surface area (Å²) in [6.45, 7) is 0.760. The zero-order valence-electron chi connectivity index (χ0n) is 16.8. The van der Waals surface area contributed by atoms with Crippen molar-refractivity contribution in [1.82, 2.24) is 29.5 Å². The molecule has 0 radical (unpaired) electrons. The van der Waals surface area contributed by atoms with Gasteiger partial charge < -0.3 is 5.11 Å². The van der Waals surface area contributed by atoms with Crippen molar-refractivity contribution < 1.29 is 9.50 Å². The smallest absolute Gasteiger partial charge is 0.184 e. The van der Waals surface area contributed by atoms with E-state index in [1.165, 1.54) is 12.1 Å². The summed E-state index contributed by atoms with van der Waals surface area (Å²) in [7, 11) is 0. The Morgan fingerprint density at radius 3 is 2.81 bits per heavy atom. The largest absolute Gasteiger partial charge is 0.394 e. The number of aryl methyl sites for hydroxylation is 2. The molecule has 0 aliphatic heterocycles. The summed E-state index contributed by atoms with van der Waals surface area (Å²) in [5, 5.41) is 18.3. The second-order valence-electron chi connectivity index (χ2n) is 7.18. The number of pyridine rings is 1. The van der Waals surface area contributed by atoms with E-state index in [2.05, 4.69) is 15.2 Å². The number of nitrogens with zero attached hydrogens (tertiary/aromatic N) is 6. The van der Waals surface area contributed by atoms with E-state index in [0.717, 1.165) is 29.9 Å². The first kappa shape index (κ1) is 21.1. The first-order chi connectivity index (χ1) is 15.1. The third-order valence-corrected chi connectivity index (χ3v) is 5.00. The minimum absolute atomic E-state index is 0.00207. The molecule has 1 N–H and O–H groups in total. The summed E-state index contributed by atoms with van der Waals surface area (Å²) in [5.74, 6) is 0.950. The van der Waals surface area contributed by atoms with Gasteiger partial charge in [-0.1, -0.05) is 17.7 Å². The molecule has 7 nitrogen and oxygen atoms in total. The van der Waals surface area contributed by atoms with E-state index >= 15 is 0 Å². The number of halogens is 2. The van der Waals surface area contributed by atoms with Crippen molar-refractivity contribution in [3.8, 4) is 11.4 Å². The first-order valence-corrected chi connectivity index (χ1v) is 10.4. The average Bonchev–Trinajstić information content (AvgIpc) is 3.36. The van der Waals surface area contributed by atoms with Gasteiger partial charge in [-0.2, -0.15) is 10.2 Å². The predicted molar refractivity (Wildman–Crippen MR) is 115 cm³/mol. The van der Waals surface area contributed by atoms with Crippen molar-refractivity contribution in [3.05, 3.63) is 82.9 Å². The van der Waals surface area contributed by atoms with Gasteiger partial charge in [-0.05, 0) is 48.7 Å². The second-order valence-corrected chi connectivity index (χ2v) is 7.61. The topological polar surface area (TPSA) is 81.6 Å². The summed E-state index contributed by atoms with van der Waals surface area (Å²) in [4.78, 5) is 9.08. The van der Waals surface area contributed by atoms with Gasteiger partial charge in [0.05, 0.1) is 31.5 Å². The lowest BCUT2D eigenvalue weighted by atomic mass is 10.1. The SMILES string of the molecule is OCCn1cc(-c2nc(CCCc3ccccn3)n(Cc3cc(F)cc(Cl)c3)n2)cn1. The van der Waals surface area contributed by atoms with Gasteiger partial charge >= 0.3 is 0 Å². The highest BCUT2D eigenvalue weighted by Gasteiger charge is 2.14. The summed E-state index contributed by atoms with van der Waals surface area (Å²) in [6.07, 6.45) is 7.62. The Bertz CT molecular complexity index is 1120. The number of aliphatic hydroxyl groups excluding tert-OH is 1. The number of hydrogen-bond acceptors (Lipinski definition) is 5. The standard InChI is InChI=1S/C22H22ClFN6O/c23-18-10-16(11-19(24)12-18)14-30-21(6-3-5-20-4-1-2-7-25-20)27-22(28-30)17-13-26-29(15-17)8-9-31/h1-2,4,7,10-13,15,31H,3,5-6,8-9,14H2. The van der Waals surface area contributed by atoms with Crippen molar-refractivity contribution in [1.29, 1.82) is 0 Å². The van der Waals surface area contributed by atoms with Crippen molar-refractivity contribution in [2.24, 2.45) is 0 Å². The van der Waals surface area contributed by atoms with Crippen LogP contribution in [0.15, 0.2) is 55.0 Å². The molecule has 0 saturated heterocycles. The molecule has 0 saturated carbocycles. The highest BCUT2D eigenvalue weighted by atomic mass is 35.5. The molecule has 4 rings (SSSR count). The van der Waals surface area contributed by atoms with Gasteiger partial charge in [-0.15, -0.1) is 0 Å². The fourth-order valence-corrected chi connectivity index (χ4v) is 3.61. The second kappa shape index (κ2) is 9.80. The summed E-state index contributed by atoms with van der Waals surface area (Å²) in [6, 6.07) is 10.3. The zero-order chi connectivity index (χ0) is 21.6. The molecular weight excluding hydrogens is 419 g/mol. The van der Waals surface area contributed by atoms with Gasteiger partial charge in [0.25, 0.3) is 0 Å². The molecule has 160 valence electrons. The van der Waals surface area contributed by atoms with Gasteiger partial charge in [0.2, 0.25) is 0 Å². The van der Waals surface area contributed by atoms with Gasteiger partial charge in [0, 0.05) is 29.5 Å². The highest BCUT2D eigenvalue weighted by molar-refractivity contribution is 6.30. The Kier molecular flexibility index (Phi) is 6.69. The van der Waals surface area contributed by atoms with Gasteiger partial charge in [-0.25, -0.2) is 14.1 Å². The van der Waals surface area contributed by atoms with Crippen LogP contribution in [0.3, 0.4) is 0 Å². The Hall–Kier alpha value is -3.10. The van der Waals surface area contributed by atoms with E-state index in [0.29, 0.717) is 35.9 Å². The molecule has 1 aromatic carbocycles. The third-order valence-electron chi connectivity index (χ3n) is 4.78. The molecule has 0 spiro atoms. The molecule has 0 aliphatic carbocycles. The Balaban J connectivity index is 1.57. The lowest BCUT2D eigenvalue weighted by Crippen LogP contribution is -2.08. The van der Waals surface area contributed by atoms with E-state index in [9.17, 15) is 4.39 Å². The molecule has 0 atom stereocenters. The van der Waals surface area contributed by atoms with Crippen molar-refractivity contribution in [2.45, 2.75) is 32.4 Å². The highest BCUT2D eigenvalue weighted by Crippen LogP contribution is 2.19. The Morgan fingerprint density at radius 1 is 1.13 bits per heavy atom. The molecule has 0 unspecified atom stereocenters. The summed E-state index contributed by atoms with van der Waals surface area (Å²) < 4.78 is 17.2. The minimum atomic E-state index is -0.384. The fourth-order valence-electron chi connectivity index (χ4n) is 3.36. The van der Waals surface area contributed by atoms with Crippen LogP contribution in [0.1, 0.15) is 23.5 Å². The Labute approximate surface area is 184 Å². The predicted octanol–water partition coefficient (Wildman–Crippen LogP) is 3.55. The first-order valence-electron chi connectivity index (χ1n) is 10.0. The van der Waals surface area contributed by atoms with Gasteiger partial charge in [0.1, 0.15) is 11.6 Å². The molecular formula is C22H22ClFN6O. The maximum atomic E-state index is 13.8. The lowest BCUT2D eigenvalue weighted by Gasteiger charge is -2.07. The monoisotopic (exact) mass is 440 g/mol. The van der Waals surface area contributed by atoms with Crippen molar-refractivity contribution in [2.75, 3.05) is 6.61 Å². The Morgan fingerprint density at radius 2 is 2.03 bits per heavy atom. The molecule has 31 heavy (non-hydrogen) atoms. The van der Waals surface area contributed by atoms with E-state index in [-0.39, 0.29) is 12.4 Å². The molecule has 0 aliphatic rings. The molecule has 0 amide bonds. The lowest BCUT2D eigenvalue weighted by molar-refractivity contribution is 0.269. The summed E-state index contributed by atoms with van der Waals surface area (Å²) in [5.41, 5.74) is 2.50. The van der Waals surface area contributed by atoms with E-state index in [4.69, 9.17) is 21.7 Å². The average molecular weight is 441 g/mol. The normalized spacial score (nSPS) is 11.2. The molecule has 4 aromatic rings. The minimum Gasteiger partial charge on any atom is -0.394 e. The van der Waals surface area contributed by atoms with Crippen LogP contribution in [0.25, 0.3) is 11.4 Å². The number of rotatable bonds is 9. The van der Waals surface area contributed by atoms with Crippen molar-refractivity contribution in [3.63, 3.8) is 0 Å². The van der Waals surface area contributed by atoms with E-state index < -0.39 is 0 Å². The molecule has 3 aromatic heterocycles. The van der Waals surface area contributed by atoms with Crippen LogP contribution in [0, 0.1) is 5.82 Å². The molecule has 0 fully saturated rings. The van der Waals surface area contributed by atoms with Crippen LogP contribution in [0.4, 0.5) is 4.39 Å². The molecule has 9 heteroatoms. The number of hydrogen-bond donors (Lipinski definition) is 1. The molecule has 3 heterocycles. The van der Waals surface area contributed by atoms with Gasteiger partial charge in [-0.3, -0.25) is 9.67 Å². The van der Waals surface area contributed by atoms with Crippen LogP contribution in [0.5, 0.6) is 0 Å². The number of benzene rings is 1. The number of aliphatic hydroxyl groups is 1. The van der Waals surface area contributed by atoms with Crippen LogP contribution in [-0.4, -0.2) is 41.2 Å². The zero-order valence-corrected chi connectivity index (χ0v) is 17.6. The quantitative estimate of drug-likeness (QED) is 0.430. The summed E-state index contributed by atoms with van der Waals surface area (Å²) >= 11 is 6.02. The van der Waals surface area contributed by atoms with E-state index in [1.54, 1.807) is 34.0 Å². The van der Waals surface area contributed by atoms with Gasteiger partial charge in [0.15, 0.2) is 5.82 Å². The molecule has 0 bridgehead atoms. The fraction of sp³-hybridized carbons (Fsp3) is 0.273. The van der Waals surface area contributed by atoms with Crippen molar-refractivity contribution >= 4 is 11.6 Å². The maximum absolute atomic E-state index is 13.8. The third kappa shape index (κ3) is 5.53.